The highest BCUT2D eigenvalue weighted by Crippen LogP contribution is 2.32. The minimum atomic E-state index is -0.480. The minimum absolute atomic E-state index is 0.0553. The fraction of sp³-hybridized carbons (Fsp3) is 0.0556. The summed E-state index contributed by atoms with van der Waals surface area (Å²) in [6, 6.07) is 13.1. The number of rotatable bonds is 4. The average molecular weight is 375 g/mol. The van der Waals surface area contributed by atoms with Crippen molar-refractivity contribution >= 4 is 40.8 Å². The number of aryl methyl sites for hydroxylation is 1. The Hall–Kier alpha value is -2.63. The van der Waals surface area contributed by atoms with Crippen LogP contribution in [-0.2, 0) is 0 Å². The van der Waals surface area contributed by atoms with Crippen LogP contribution in [0.5, 0.6) is 0 Å². The van der Waals surface area contributed by atoms with Crippen LogP contribution in [0, 0.1) is 17.0 Å². The highest BCUT2D eigenvalue weighted by atomic mass is 35.5. The van der Waals surface area contributed by atoms with Crippen molar-refractivity contribution in [2.24, 2.45) is 4.99 Å². The second kappa shape index (κ2) is 7.09. The number of halogens is 2. The van der Waals surface area contributed by atoms with Gasteiger partial charge in [-0.25, -0.2) is 0 Å². The summed E-state index contributed by atoms with van der Waals surface area (Å²) in [4.78, 5) is 14.7. The van der Waals surface area contributed by atoms with Gasteiger partial charge in [-0.1, -0.05) is 29.3 Å². The Balaban J connectivity index is 1.87. The fourth-order valence-corrected chi connectivity index (χ4v) is 2.57. The number of non-ortho nitro benzene ring substituents is 1. The van der Waals surface area contributed by atoms with Crippen molar-refractivity contribution in [3.63, 3.8) is 0 Å². The zero-order valence-electron chi connectivity index (χ0n) is 13.1. The van der Waals surface area contributed by atoms with Gasteiger partial charge in [0.2, 0.25) is 0 Å². The van der Waals surface area contributed by atoms with Crippen molar-refractivity contribution < 1.29 is 9.34 Å². The second-order valence-electron chi connectivity index (χ2n) is 5.31. The van der Waals surface area contributed by atoms with Gasteiger partial charge in [-0.15, -0.1) is 0 Å². The van der Waals surface area contributed by atoms with Gasteiger partial charge in [0, 0.05) is 22.7 Å². The predicted molar refractivity (Wildman–Crippen MR) is 99.3 cm³/mol. The Morgan fingerprint density at radius 2 is 1.88 bits per heavy atom. The van der Waals surface area contributed by atoms with Crippen LogP contribution >= 0.6 is 23.2 Å². The molecule has 0 bridgehead atoms. The summed E-state index contributed by atoms with van der Waals surface area (Å²) >= 11 is 12.2. The van der Waals surface area contributed by atoms with E-state index in [1.165, 1.54) is 18.2 Å². The molecule has 0 saturated heterocycles. The first kappa shape index (κ1) is 17.2. The smallest absolute Gasteiger partial charge is 0.270 e. The average Bonchev–Trinajstić information content (AvgIpc) is 3.05. The Kier molecular flexibility index (Phi) is 4.88. The first-order valence-electron chi connectivity index (χ1n) is 7.28. The molecule has 0 radical (unpaired) electrons. The minimum Gasteiger partial charge on any atom is -0.455 e. The Bertz CT molecular complexity index is 980. The SMILES string of the molecule is Cc1ccc(N=Cc2ccc(-c3cc([N+](=O)[O-])ccc3Cl)o2)cc1Cl. The lowest BCUT2D eigenvalue weighted by Crippen LogP contribution is -1.88. The third-order valence-corrected chi connectivity index (χ3v) is 4.29. The Labute approximate surface area is 153 Å². The molecule has 0 atom stereocenters. The molecule has 5 nitrogen and oxygen atoms in total. The monoisotopic (exact) mass is 374 g/mol. The maximum atomic E-state index is 10.9. The number of benzene rings is 2. The highest BCUT2D eigenvalue weighted by Gasteiger charge is 2.14. The van der Waals surface area contributed by atoms with Gasteiger partial charge in [0.25, 0.3) is 5.69 Å². The maximum Gasteiger partial charge on any atom is 0.270 e. The van der Waals surface area contributed by atoms with E-state index >= 15 is 0 Å². The number of hydrogen-bond donors (Lipinski definition) is 0. The number of aliphatic imine (C=N–C) groups is 1. The van der Waals surface area contributed by atoms with Crippen molar-refractivity contribution in [3.05, 3.63) is 80.0 Å². The third-order valence-electron chi connectivity index (χ3n) is 3.55. The lowest BCUT2D eigenvalue weighted by Gasteiger charge is -2.00. The van der Waals surface area contributed by atoms with E-state index in [0.717, 1.165) is 5.56 Å². The van der Waals surface area contributed by atoms with Gasteiger partial charge < -0.3 is 4.42 Å². The fourth-order valence-electron chi connectivity index (χ4n) is 2.18. The molecule has 0 unspecified atom stereocenters. The van der Waals surface area contributed by atoms with Crippen LogP contribution in [0.15, 0.2) is 57.9 Å². The highest BCUT2D eigenvalue weighted by molar-refractivity contribution is 6.33. The molecule has 0 fully saturated rings. The molecule has 0 N–H and O–H groups in total. The van der Waals surface area contributed by atoms with Crippen LogP contribution in [0.4, 0.5) is 11.4 Å². The van der Waals surface area contributed by atoms with E-state index in [2.05, 4.69) is 4.99 Å². The van der Waals surface area contributed by atoms with Crippen LogP contribution in [0.2, 0.25) is 10.0 Å². The summed E-state index contributed by atoms with van der Waals surface area (Å²) in [5.74, 6) is 0.923. The van der Waals surface area contributed by atoms with Crippen LogP contribution in [-0.4, -0.2) is 11.1 Å². The molecule has 1 heterocycles. The van der Waals surface area contributed by atoms with Crippen molar-refractivity contribution in [1.29, 1.82) is 0 Å². The quantitative estimate of drug-likeness (QED) is 0.309. The number of hydrogen-bond acceptors (Lipinski definition) is 4. The van der Waals surface area contributed by atoms with Gasteiger partial charge in [0.1, 0.15) is 11.5 Å². The van der Waals surface area contributed by atoms with Crippen molar-refractivity contribution in [3.8, 4) is 11.3 Å². The molecule has 0 aliphatic rings. The number of nitrogens with zero attached hydrogens (tertiary/aromatic N) is 2. The number of furan rings is 1. The zero-order valence-corrected chi connectivity index (χ0v) is 14.6. The van der Waals surface area contributed by atoms with Gasteiger partial charge >= 0.3 is 0 Å². The summed E-state index contributed by atoms with van der Waals surface area (Å²) in [5.41, 5.74) is 2.07. The predicted octanol–water partition coefficient (Wildman–Crippen LogP) is 6.22. The van der Waals surface area contributed by atoms with Gasteiger partial charge in [-0.2, -0.15) is 0 Å². The molecule has 1 aromatic heterocycles. The molecule has 126 valence electrons. The summed E-state index contributed by atoms with van der Waals surface area (Å²) in [5, 5.41) is 11.9. The number of nitro groups is 1. The molecule has 0 saturated carbocycles. The molecule has 0 amide bonds. The molecule has 3 rings (SSSR count). The van der Waals surface area contributed by atoms with Crippen LogP contribution in [0.3, 0.4) is 0 Å². The van der Waals surface area contributed by atoms with E-state index < -0.39 is 4.92 Å². The van der Waals surface area contributed by atoms with Gasteiger partial charge in [0.05, 0.1) is 21.8 Å². The topological polar surface area (TPSA) is 68.6 Å². The summed E-state index contributed by atoms with van der Waals surface area (Å²) in [6.45, 7) is 1.91. The van der Waals surface area contributed by atoms with Crippen molar-refractivity contribution in [2.75, 3.05) is 0 Å². The lowest BCUT2D eigenvalue weighted by atomic mass is 10.1. The Morgan fingerprint density at radius 1 is 1.08 bits per heavy atom. The first-order valence-corrected chi connectivity index (χ1v) is 8.04. The van der Waals surface area contributed by atoms with Gasteiger partial charge in [-0.3, -0.25) is 15.1 Å². The summed E-state index contributed by atoms with van der Waals surface area (Å²) < 4.78 is 5.67. The van der Waals surface area contributed by atoms with Crippen LogP contribution in [0.25, 0.3) is 11.3 Å². The normalized spacial score (nSPS) is 11.2. The third kappa shape index (κ3) is 3.90. The van der Waals surface area contributed by atoms with Crippen molar-refractivity contribution in [2.45, 2.75) is 6.92 Å². The molecule has 7 heteroatoms. The summed E-state index contributed by atoms with van der Waals surface area (Å²) in [6.07, 6.45) is 1.55. The molecular formula is C18H12Cl2N2O3. The lowest BCUT2D eigenvalue weighted by molar-refractivity contribution is -0.384. The molecule has 2 aromatic carbocycles. The first-order chi connectivity index (χ1) is 11.9. The van der Waals surface area contributed by atoms with E-state index in [4.69, 9.17) is 27.6 Å². The van der Waals surface area contributed by atoms with Gasteiger partial charge in [-0.05, 0) is 42.8 Å². The number of nitro benzene ring substituents is 1. The largest absolute Gasteiger partial charge is 0.455 e. The second-order valence-corrected chi connectivity index (χ2v) is 6.13. The molecule has 25 heavy (non-hydrogen) atoms. The zero-order chi connectivity index (χ0) is 18.0. The molecule has 0 spiro atoms. The molecule has 3 aromatic rings. The standard InChI is InChI=1S/C18H12Cl2N2O3/c1-11-2-3-12(8-17(11)20)21-10-14-5-7-18(25-14)15-9-13(22(23)24)4-6-16(15)19/h2-10H,1H3. The molecule has 0 aliphatic heterocycles. The van der Waals surface area contributed by atoms with E-state index in [-0.39, 0.29) is 5.69 Å². The van der Waals surface area contributed by atoms with E-state index in [9.17, 15) is 10.1 Å². The van der Waals surface area contributed by atoms with Gasteiger partial charge in [0.15, 0.2) is 0 Å². The van der Waals surface area contributed by atoms with Crippen LogP contribution < -0.4 is 0 Å². The molecule has 0 aliphatic carbocycles. The van der Waals surface area contributed by atoms with E-state index in [1.54, 1.807) is 24.4 Å². The van der Waals surface area contributed by atoms with E-state index in [1.807, 2.05) is 19.1 Å². The van der Waals surface area contributed by atoms with Crippen LogP contribution in [0.1, 0.15) is 11.3 Å². The summed E-state index contributed by atoms with van der Waals surface area (Å²) in [7, 11) is 0. The molecular weight excluding hydrogens is 363 g/mol. The Morgan fingerprint density at radius 3 is 2.60 bits per heavy atom. The van der Waals surface area contributed by atoms with E-state index in [0.29, 0.717) is 32.8 Å². The maximum absolute atomic E-state index is 10.9. The van der Waals surface area contributed by atoms with Crippen molar-refractivity contribution in [1.82, 2.24) is 0 Å².